The minimum atomic E-state index is -0.335. The Morgan fingerprint density at radius 2 is 1.93 bits per heavy atom. The summed E-state index contributed by atoms with van der Waals surface area (Å²) in [6.45, 7) is 6.71. The van der Waals surface area contributed by atoms with E-state index in [0.29, 0.717) is 29.7 Å². The Bertz CT molecular complexity index is 969. The maximum Gasteiger partial charge on any atom is 0.291 e. The second-order valence-electron chi connectivity index (χ2n) is 6.71. The van der Waals surface area contributed by atoms with Crippen molar-refractivity contribution in [2.45, 2.75) is 40.0 Å². The number of nitrogens with one attached hydrogen (secondary N) is 1. The lowest BCUT2D eigenvalue weighted by Crippen LogP contribution is -2.24. The molecule has 28 heavy (non-hydrogen) atoms. The number of nitrogens with zero attached hydrogens (tertiary/aromatic N) is 3. The molecular formula is C21H23ClN4O2. The van der Waals surface area contributed by atoms with Crippen LogP contribution in [0.25, 0.3) is 5.69 Å². The second kappa shape index (κ2) is 8.99. The van der Waals surface area contributed by atoms with Gasteiger partial charge in [-0.15, -0.1) is 5.10 Å². The summed E-state index contributed by atoms with van der Waals surface area (Å²) in [5.74, 6) is 0.362. The number of aryl methyl sites for hydroxylation is 1. The highest BCUT2D eigenvalue weighted by molar-refractivity contribution is 6.32. The third-order valence-electron chi connectivity index (χ3n) is 4.08. The maximum absolute atomic E-state index is 12.5. The first-order valence-corrected chi connectivity index (χ1v) is 9.48. The average molecular weight is 399 g/mol. The number of halogens is 1. The van der Waals surface area contributed by atoms with E-state index in [2.05, 4.69) is 15.4 Å². The molecule has 0 aliphatic carbocycles. The van der Waals surface area contributed by atoms with Gasteiger partial charge in [0.05, 0.1) is 23.4 Å². The Kier molecular flexibility index (Phi) is 6.44. The molecule has 3 rings (SSSR count). The smallest absolute Gasteiger partial charge is 0.291 e. The number of para-hydroxylation sites is 1. The van der Waals surface area contributed by atoms with Crippen LogP contribution in [-0.2, 0) is 17.9 Å². The average Bonchev–Trinajstić information content (AvgIpc) is 3.07. The third-order valence-corrected chi connectivity index (χ3v) is 4.40. The van der Waals surface area contributed by atoms with Gasteiger partial charge in [0.15, 0.2) is 0 Å². The monoisotopic (exact) mass is 398 g/mol. The Labute approximate surface area is 169 Å². The quantitative estimate of drug-likeness (QED) is 0.651. The maximum atomic E-state index is 12.5. The number of carbonyl (C=O) groups is 1. The van der Waals surface area contributed by atoms with Crippen LogP contribution in [0.1, 0.15) is 41.4 Å². The van der Waals surface area contributed by atoms with E-state index >= 15 is 0 Å². The first-order valence-electron chi connectivity index (χ1n) is 9.10. The van der Waals surface area contributed by atoms with Gasteiger partial charge in [-0.2, -0.15) is 0 Å². The molecule has 2 aromatic carbocycles. The fraction of sp³-hybridized carbons (Fsp3) is 0.286. The molecule has 0 bridgehead atoms. The summed E-state index contributed by atoms with van der Waals surface area (Å²) in [4.78, 5) is 16.8. The zero-order chi connectivity index (χ0) is 20.1. The van der Waals surface area contributed by atoms with Crippen LogP contribution in [0.3, 0.4) is 0 Å². The van der Waals surface area contributed by atoms with E-state index in [0.717, 1.165) is 11.1 Å². The first kappa shape index (κ1) is 20.0. The van der Waals surface area contributed by atoms with Crippen molar-refractivity contribution in [3.8, 4) is 5.69 Å². The number of carbonyl (C=O) groups excluding carboxylic acids is 1. The molecule has 0 spiro atoms. The lowest BCUT2D eigenvalue weighted by molar-refractivity contribution is 0.0657. The topological polar surface area (TPSA) is 69.0 Å². The van der Waals surface area contributed by atoms with Crippen LogP contribution in [0.15, 0.2) is 48.5 Å². The van der Waals surface area contributed by atoms with E-state index in [-0.39, 0.29) is 17.8 Å². The zero-order valence-electron chi connectivity index (χ0n) is 16.1. The number of hydrogen-bond donors (Lipinski definition) is 1. The number of aromatic nitrogens is 3. The highest BCUT2D eigenvalue weighted by atomic mass is 35.5. The van der Waals surface area contributed by atoms with Crippen molar-refractivity contribution in [2.75, 3.05) is 0 Å². The number of ether oxygens (including phenoxy) is 1. The summed E-state index contributed by atoms with van der Waals surface area (Å²) < 4.78 is 7.20. The molecule has 0 fully saturated rings. The fourth-order valence-corrected chi connectivity index (χ4v) is 2.91. The molecular weight excluding hydrogens is 376 g/mol. The van der Waals surface area contributed by atoms with Gasteiger partial charge in [-0.25, -0.2) is 9.67 Å². The first-order chi connectivity index (χ1) is 13.4. The van der Waals surface area contributed by atoms with Crippen LogP contribution >= 0.6 is 11.6 Å². The number of hydrogen-bond acceptors (Lipinski definition) is 4. The minimum absolute atomic E-state index is 0.108. The molecule has 0 aliphatic rings. The van der Waals surface area contributed by atoms with E-state index in [1.165, 1.54) is 0 Å². The molecule has 0 saturated heterocycles. The normalized spacial score (nSPS) is 11.0. The van der Waals surface area contributed by atoms with E-state index < -0.39 is 0 Å². The molecule has 0 unspecified atom stereocenters. The van der Waals surface area contributed by atoms with Crippen molar-refractivity contribution in [2.24, 2.45) is 0 Å². The fourth-order valence-electron chi connectivity index (χ4n) is 2.69. The summed E-state index contributed by atoms with van der Waals surface area (Å²) in [5.41, 5.74) is 2.74. The minimum Gasteiger partial charge on any atom is -0.374 e. The van der Waals surface area contributed by atoms with Crippen molar-refractivity contribution in [1.29, 1.82) is 0 Å². The van der Waals surface area contributed by atoms with Crippen LogP contribution in [0.4, 0.5) is 0 Å². The van der Waals surface area contributed by atoms with Gasteiger partial charge in [0.1, 0.15) is 5.82 Å². The molecule has 1 N–H and O–H groups in total. The molecule has 1 aromatic heterocycles. The van der Waals surface area contributed by atoms with Crippen molar-refractivity contribution in [1.82, 2.24) is 20.1 Å². The van der Waals surface area contributed by atoms with Crippen LogP contribution in [0.5, 0.6) is 0 Å². The van der Waals surface area contributed by atoms with Gasteiger partial charge < -0.3 is 10.1 Å². The van der Waals surface area contributed by atoms with Gasteiger partial charge in [0.25, 0.3) is 5.91 Å². The van der Waals surface area contributed by atoms with Crippen molar-refractivity contribution in [3.05, 3.63) is 76.3 Å². The Balaban J connectivity index is 1.67. The highest BCUT2D eigenvalue weighted by Gasteiger charge is 2.16. The summed E-state index contributed by atoms with van der Waals surface area (Å²) in [7, 11) is 0. The molecule has 0 radical (unpaired) electrons. The number of rotatable bonds is 7. The molecule has 1 amide bonds. The van der Waals surface area contributed by atoms with Gasteiger partial charge in [-0.3, -0.25) is 4.79 Å². The Morgan fingerprint density at radius 1 is 1.18 bits per heavy atom. The van der Waals surface area contributed by atoms with E-state index in [1.807, 2.05) is 56.3 Å². The van der Waals surface area contributed by atoms with Gasteiger partial charge in [0, 0.05) is 6.54 Å². The van der Waals surface area contributed by atoms with Crippen LogP contribution in [-0.4, -0.2) is 26.8 Å². The molecule has 146 valence electrons. The van der Waals surface area contributed by atoms with Crippen molar-refractivity contribution >= 4 is 17.5 Å². The zero-order valence-corrected chi connectivity index (χ0v) is 16.9. The lowest BCUT2D eigenvalue weighted by Gasteiger charge is -2.09. The predicted octanol–water partition coefficient (Wildman–Crippen LogP) is 4.08. The molecule has 3 aromatic rings. The molecule has 0 saturated carbocycles. The van der Waals surface area contributed by atoms with Crippen molar-refractivity contribution in [3.63, 3.8) is 0 Å². The number of benzene rings is 2. The Morgan fingerprint density at radius 3 is 2.68 bits per heavy atom. The predicted molar refractivity (Wildman–Crippen MR) is 109 cm³/mol. The number of amides is 1. The van der Waals surface area contributed by atoms with Crippen LogP contribution in [0.2, 0.25) is 5.02 Å². The van der Waals surface area contributed by atoms with Gasteiger partial charge >= 0.3 is 0 Å². The summed E-state index contributed by atoms with van der Waals surface area (Å²) >= 11 is 6.22. The molecule has 0 aliphatic heterocycles. The van der Waals surface area contributed by atoms with Gasteiger partial charge in [0.2, 0.25) is 5.82 Å². The van der Waals surface area contributed by atoms with Gasteiger partial charge in [-0.05, 0) is 44.0 Å². The SMILES string of the molecule is Cc1nc(C(=O)NCc2cccc(COC(C)C)c2)nn1-c1ccccc1Cl. The third kappa shape index (κ3) is 4.97. The largest absolute Gasteiger partial charge is 0.374 e. The lowest BCUT2D eigenvalue weighted by atomic mass is 10.1. The standard InChI is InChI=1S/C21H23ClN4O2/c1-14(2)28-13-17-8-6-7-16(11-17)12-23-21(27)20-24-15(3)26(25-20)19-10-5-4-9-18(19)22/h4-11,14H,12-13H2,1-3H3,(H,23,27). The molecule has 0 atom stereocenters. The van der Waals surface area contributed by atoms with Crippen LogP contribution < -0.4 is 5.32 Å². The van der Waals surface area contributed by atoms with E-state index in [1.54, 1.807) is 17.7 Å². The summed E-state index contributed by atoms with van der Waals surface area (Å²) in [6.07, 6.45) is 0.172. The highest BCUT2D eigenvalue weighted by Crippen LogP contribution is 2.20. The summed E-state index contributed by atoms with van der Waals surface area (Å²) in [6, 6.07) is 15.2. The Hall–Kier alpha value is -2.70. The van der Waals surface area contributed by atoms with Gasteiger partial charge in [-0.1, -0.05) is 48.0 Å². The molecule has 7 heteroatoms. The second-order valence-corrected chi connectivity index (χ2v) is 7.12. The van der Waals surface area contributed by atoms with Crippen molar-refractivity contribution < 1.29 is 9.53 Å². The summed E-state index contributed by atoms with van der Waals surface area (Å²) in [5, 5.41) is 7.72. The van der Waals surface area contributed by atoms with Crippen LogP contribution in [0, 0.1) is 6.92 Å². The molecule has 1 heterocycles. The van der Waals surface area contributed by atoms with E-state index in [9.17, 15) is 4.79 Å². The van der Waals surface area contributed by atoms with E-state index in [4.69, 9.17) is 16.3 Å². The molecule has 6 nitrogen and oxygen atoms in total.